The van der Waals surface area contributed by atoms with E-state index in [1.807, 2.05) is 13.0 Å². The van der Waals surface area contributed by atoms with Gasteiger partial charge in [0.1, 0.15) is 0 Å². The minimum absolute atomic E-state index is 0.00177. The van der Waals surface area contributed by atoms with Crippen molar-refractivity contribution in [2.24, 2.45) is 0 Å². The molecule has 1 aromatic rings. The maximum absolute atomic E-state index is 11.8. The molecule has 0 bridgehead atoms. The summed E-state index contributed by atoms with van der Waals surface area (Å²) in [6.07, 6.45) is 0.00177. The smallest absolute Gasteiger partial charge is 0.252 e. The molecule has 1 rings (SSSR count). The summed E-state index contributed by atoms with van der Waals surface area (Å²) in [6, 6.07) is 5.35. The summed E-state index contributed by atoms with van der Waals surface area (Å²) in [4.78, 5) is 12.6. The molecule has 0 heterocycles. The van der Waals surface area contributed by atoms with Crippen LogP contribution in [0.5, 0.6) is 0 Å². The van der Waals surface area contributed by atoms with Crippen LogP contribution in [-0.2, 0) is 4.74 Å². The lowest BCUT2D eigenvalue weighted by Crippen LogP contribution is -2.31. The molecule has 88 valence electrons. The van der Waals surface area contributed by atoms with Gasteiger partial charge in [0, 0.05) is 23.0 Å². The zero-order valence-electron chi connectivity index (χ0n) is 9.16. The normalized spacial score (nSPS) is 12.2. The third-order valence-electron chi connectivity index (χ3n) is 2.15. The van der Waals surface area contributed by atoms with E-state index in [9.17, 15) is 4.79 Å². The molecule has 0 aromatic heterocycles. The Morgan fingerprint density at radius 2 is 2.31 bits per heavy atom. The standard InChI is InChI=1S/C11H14BrNO2S/c1-7(15-2)6-13-11(14)9-5-8(16)3-4-10(9)12/h3-5,7,16H,6H2,1-2H3,(H,13,14). The van der Waals surface area contributed by atoms with Crippen LogP contribution in [0, 0.1) is 0 Å². The highest BCUT2D eigenvalue weighted by Gasteiger charge is 2.11. The Balaban J connectivity index is 2.69. The summed E-state index contributed by atoms with van der Waals surface area (Å²) in [7, 11) is 1.61. The Kier molecular flexibility index (Phi) is 5.31. The van der Waals surface area contributed by atoms with Gasteiger partial charge in [0.25, 0.3) is 5.91 Å². The van der Waals surface area contributed by atoms with Crippen molar-refractivity contribution in [1.82, 2.24) is 5.32 Å². The molecule has 0 radical (unpaired) electrons. The summed E-state index contributed by atoms with van der Waals surface area (Å²) < 4.78 is 5.81. The Morgan fingerprint density at radius 1 is 1.62 bits per heavy atom. The molecule has 0 aliphatic heterocycles. The summed E-state index contributed by atoms with van der Waals surface area (Å²) in [6.45, 7) is 2.38. The summed E-state index contributed by atoms with van der Waals surface area (Å²) >= 11 is 7.53. The molecule has 3 nitrogen and oxygen atoms in total. The van der Waals surface area contributed by atoms with Gasteiger partial charge in [-0.1, -0.05) is 0 Å². The Morgan fingerprint density at radius 3 is 2.94 bits per heavy atom. The number of carbonyl (C=O) groups is 1. The van der Waals surface area contributed by atoms with Gasteiger partial charge in [-0.05, 0) is 41.1 Å². The highest BCUT2D eigenvalue weighted by molar-refractivity contribution is 9.10. The fourth-order valence-corrected chi connectivity index (χ4v) is 1.73. The van der Waals surface area contributed by atoms with Crippen molar-refractivity contribution in [2.75, 3.05) is 13.7 Å². The monoisotopic (exact) mass is 303 g/mol. The topological polar surface area (TPSA) is 38.3 Å². The van der Waals surface area contributed by atoms with E-state index in [0.29, 0.717) is 12.1 Å². The number of halogens is 1. The van der Waals surface area contributed by atoms with Gasteiger partial charge in [-0.3, -0.25) is 4.79 Å². The molecule has 0 aliphatic carbocycles. The van der Waals surface area contributed by atoms with Crippen LogP contribution in [0.25, 0.3) is 0 Å². The fourth-order valence-electron chi connectivity index (χ4n) is 1.10. The molecule has 1 amide bonds. The zero-order chi connectivity index (χ0) is 12.1. The van der Waals surface area contributed by atoms with Crippen molar-refractivity contribution in [3.63, 3.8) is 0 Å². The predicted octanol–water partition coefficient (Wildman–Crippen LogP) is 2.50. The van der Waals surface area contributed by atoms with Gasteiger partial charge in [-0.15, -0.1) is 12.6 Å². The van der Waals surface area contributed by atoms with Crippen molar-refractivity contribution < 1.29 is 9.53 Å². The number of amides is 1. The van der Waals surface area contributed by atoms with Gasteiger partial charge in [-0.25, -0.2) is 0 Å². The van der Waals surface area contributed by atoms with Crippen LogP contribution in [0.4, 0.5) is 0 Å². The first kappa shape index (κ1) is 13.5. The van der Waals surface area contributed by atoms with Crippen molar-refractivity contribution in [1.29, 1.82) is 0 Å². The van der Waals surface area contributed by atoms with Crippen LogP contribution < -0.4 is 5.32 Å². The number of benzene rings is 1. The van der Waals surface area contributed by atoms with Gasteiger partial charge < -0.3 is 10.1 Å². The number of thiol groups is 1. The first-order valence-corrected chi connectivity index (χ1v) is 6.08. The second-order valence-corrected chi connectivity index (χ2v) is 4.79. The first-order valence-electron chi connectivity index (χ1n) is 4.84. The van der Waals surface area contributed by atoms with E-state index < -0.39 is 0 Å². The number of hydrogen-bond donors (Lipinski definition) is 2. The third kappa shape index (κ3) is 3.81. The number of methoxy groups -OCH3 is 1. The molecular weight excluding hydrogens is 290 g/mol. The van der Waals surface area contributed by atoms with Crippen molar-refractivity contribution in [3.8, 4) is 0 Å². The molecule has 1 unspecified atom stereocenters. The van der Waals surface area contributed by atoms with E-state index in [1.54, 1.807) is 19.2 Å². The van der Waals surface area contributed by atoms with Crippen molar-refractivity contribution in [2.45, 2.75) is 17.9 Å². The van der Waals surface area contributed by atoms with E-state index in [0.717, 1.165) is 9.37 Å². The number of carbonyl (C=O) groups excluding carboxylic acids is 1. The van der Waals surface area contributed by atoms with E-state index in [4.69, 9.17) is 4.74 Å². The van der Waals surface area contributed by atoms with Gasteiger partial charge >= 0.3 is 0 Å². The molecule has 5 heteroatoms. The van der Waals surface area contributed by atoms with Crippen LogP contribution in [0.15, 0.2) is 27.6 Å². The molecule has 1 N–H and O–H groups in total. The molecule has 0 spiro atoms. The molecule has 0 saturated carbocycles. The van der Waals surface area contributed by atoms with Crippen LogP contribution in [-0.4, -0.2) is 25.7 Å². The first-order chi connectivity index (χ1) is 7.54. The lowest BCUT2D eigenvalue weighted by atomic mass is 10.2. The van der Waals surface area contributed by atoms with Crippen molar-refractivity contribution >= 4 is 34.5 Å². The molecule has 1 aromatic carbocycles. The summed E-state index contributed by atoms with van der Waals surface area (Å²) in [5.74, 6) is -0.133. The number of nitrogens with one attached hydrogen (secondary N) is 1. The van der Waals surface area contributed by atoms with Gasteiger partial charge in [0.2, 0.25) is 0 Å². The van der Waals surface area contributed by atoms with Crippen LogP contribution in [0.2, 0.25) is 0 Å². The van der Waals surface area contributed by atoms with E-state index >= 15 is 0 Å². The molecule has 1 atom stereocenters. The highest BCUT2D eigenvalue weighted by atomic mass is 79.9. The predicted molar refractivity (Wildman–Crippen MR) is 70.2 cm³/mol. The molecular formula is C11H14BrNO2S. The van der Waals surface area contributed by atoms with Crippen LogP contribution in [0.3, 0.4) is 0 Å². The maximum Gasteiger partial charge on any atom is 0.252 e. The number of hydrogen-bond acceptors (Lipinski definition) is 3. The van der Waals surface area contributed by atoms with Crippen molar-refractivity contribution in [3.05, 3.63) is 28.2 Å². The summed E-state index contributed by atoms with van der Waals surface area (Å²) in [5, 5.41) is 2.79. The molecule has 0 fully saturated rings. The largest absolute Gasteiger partial charge is 0.380 e. The van der Waals surface area contributed by atoms with Gasteiger partial charge in [0.15, 0.2) is 0 Å². The Bertz CT molecular complexity index is 384. The minimum Gasteiger partial charge on any atom is -0.380 e. The number of ether oxygens (including phenoxy) is 1. The Hall–Kier alpha value is -0.520. The van der Waals surface area contributed by atoms with Gasteiger partial charge in [0.05, 0.1) is 11.7 Å². The average Bonchev–Trinajstić information content (AvgIpc) is 2.28. The lowest BCUT2D eigenvalue weighted by molar-refractivity contribution is 0.0869. The SMILES string of the molecule is COC(C)CNC(=O)c1cc(S)ccc1Br. The van der Waals surface area contributed by atoms with E-state index in [-0.39, 0.29) is 12.0 Å². The summed E-state index contributed by atoms with van der Waals surface area (Å²) in [5.41, 5.74) is 0.579. The van der Waals surface area contributed by atoms with Gasteiger partial charge in [-0.2, -0.15) is 0 Å². The fraction of sp³-hybridized carbons (Fsp3) is 0.364. The molecule has 0 saturated heterocycles. The van der Waals surface area contributed by atoms with Crippen LogP contribution >= 0.6 is 28.6 Å². The molecule has 0 aliphatic rings. The quantitative estimate of drug-likeness (QED) is 0.839. The lowest BCUT2D eigenvalue weighted by Gasteiger charge is -2.11. The minimum atomic E-state index is -0.133. The van der Waals surface area contributed by atoms with E-state index in [1.165, 1.54) is 0 Å². The maximum atomic E-state index is 11.8. The zero-order valence-corrected chi connectivity index (χ0v) is 11.6. The average molecular weight is 304 g/mol. The second-order valence-electron chi connectivity index (χ2n) is 3.42. The van der Waals surface area contributed by atoms with E-state index in [2.05, 4.69) is 33.9 Å². The highest BCUT2D eigenvalue weighted by Crippen LogP contribution is 2.20. The molecule has 16 heavy (non-hydrogen) atoms. The van der Waals surface area contributed by atoms with Crippen LogP contribution in [0.1, 0.15) is 17.3 Å². The Labute approximate surface area is 109 Å². The number of rotatable bonds is 4. The second kappa shape index (κ2) is 6.27. The third-order valence-corrected chi connectivity index (χ3v) is 3.12.